The molecule has 3 rings (SSSR count). The number of nitrogens with zero attached hydrogens (tertiary/aromatic N) is 1. The number of amides is 2. The van der Waals surface area contributed by atoms with Crippen molar-refractivity contribution in [2.45, 2.75) is 6.92 Å². The van der Waals surface area contributed by atoms with E-state index in [4.69, 9.17) is 9.47 Å². The van der Waals surface area contributed by atoms with E-state index in [-0.39, 0.29) is 18.4 Å². The zero-order valence-corrected chi connectivity index (χ0v) is 21.6. The predicted octanol–water partition coefficient (Wildman–Crippen LogP) is 5.15. The van der Waals surface area contributed by atoms with Gasteiger partial charge in [0.15, 0.2) is 18.1 Å². The Bertz CT molecular complexity index is 1180. The maximum Gasteiger partial charge on any atom is 0.271 e. The largest absolute Gasteiger partial charge is 0.493 e. The van der Waals surface area contributed by atoms with E-state index in [2.05, 4.69) is 54.4 Å². The van der Waals surface area contributed by atoms with E-state index in [9.17, 15) is 9.59 Å². The molecule has 2 N–H and O–H groups in total. The van der Waals surface area contributed by atoms with Crippen LogP contribution in [0.3, 0.4) is 0 Å². The molecule has 0 spiro atoms. The molecule has 0 aliphatic rings. The molecule has 9 heteroatoms. The van der Waals surface area contributed by atoms with Crippen molar-refractivity contribution in [1.82, 2.24) is 5.43 Å². The number of aryl methyl sites for hydroxylation is 1. The lowest BCUT2D eigenvalue weighted by molar-refractivity contribution is -0.118. The fourth-order valence-electron chi connectivity index (χ4n) is 2.84. The van der Waals surface area contributed by atoms with E-state index >= 15 is 0 Å². The van der Waals surface area contributed by atoms with Gasteiger partial charge in [-0.05, 0) is 89.2 Å². The third kappa shape index (κ3) is 7.29. The molecular formula is C24H21BrIN3O4. The molecule has 0 saturated heterocycles. The van der Waals surface area contributed by atoms with Crippen LogP contribution in [-0.2, 0) is 4.79 Å². The second-order valence-corrected chi connectivity index (χ2v) is 9.02. The fourth-order valence-corrected chi connectivity index (χ4v) is 3.89. The molecule has 0 heterocycles. The number of hydrogen-bond acceptors (Lipinski definition) is 5. The van der Waals surface area contributed by atoms with Gasteiger partial charge in [0.1, 0.15) is 0 Å². The van der Waals surface area contributed by atoms with E-state index in [1.807, 2.05) is 37.3 Å². The monoisotopic (exact) mass is 621 g/mol. The van der Waals surface area contributed by atoms with Gasteiger partial charge < -0.3 is 14.8 Å². The number of halogens is 2. The fraction of sp³-hybridized carbons (Fsp3) is 0.125. The summed E-state index contributed by atoms with van der Waals surface area (Å²) in [5.41, 5.74) is 5.45. The van der Waals surface area contributed by atoms with Crippen LogP contribution in [-0.4, -0.2) is 31.7 Å². The number of nitrogens with one attached hydrogen (secondary N) is 2. The average molecular weight is 622 g/mol. The predicted molar refractivity (Wildman–Crippen MR) is 140 cm³/mol. The summed E-state index contributed by atoms with van der Waals surface area (Å²) < 4.78 is 12.8. The molecule has 0 aromatic heterocycles. The first-order valence-electron chi connectivity index (χ1n) is 9.81. The molecule has 2 amide bonds. The summed E-state index contributed by atoms with van der Waals surface area (Å²) in [6, 6.07) is 18.0. The smallest absolute Gasteiger partial charge is 0.271 e. The maximum absolute atomic E-state index is 12.3. The van der Waals surface area contributed by atoms with Gasteiger partial charge in [0.25, 0.3) is 11.8 Å². The first-order chi connectivity index (χ1) is 15.9. The molecule has 0 aliphatic carbocycles. The maximum atomic E-state index is 12.3. The van der Waals surface area contributed by atoms with Crippen molar-refractivity contribution in [1.29, 1.82) is 0 Å². The Balaban J connectivity index is 1.62. The third-order valence-electron chi connectivity index (χ3n) is 4.39. The van der Waals surface area contributed by atoms with Gasteiger partial charge in [-0.25, -0.2) is 5.43 Å². The summed E-state index contributed by atoms with van der Waals surface area (Å²) in [6.45, 7) is 1.79. The Hall–Kier alpha value is -2.92. The topological polar surface area (TPSA) is 89.0 Å². The second-order valence-electron chi connectivity index (χ2n) is 6.95. The van der Waals surface area contributed by atoms with Crippen molar-refractivity contribution in [3.8, 4) is 11.5 Å². The zero-order chi connectivity index (χ0) is 23.8. The minimum Gasteiger partial charge on any atom is -0.493 e. The first kappa shape index (κ1) is 24.7. The summed E-state index contributed by atoms with van der Waals surface area (Å²) >= 11 is 5.43. The highest BCUT2D eigenvalue weighted by atomic mass is 127. The van der Waals surface area contributed by atoms with Crippen LogP contribution in [0.2, 0.25) is 0 Å². The van der Waals surface area contributed by atoms with Gasteiger partial charge in [0, 0.05) is 15.7 Å². The van der Waals surface area contributed by atoms with Crippen molar-refractivity contribution in [2.75, 3.05) is 19.0 Å². The number of benzene rings is 3. The van der Waals surface area contributed by atoms with Crippen LogP contribution in [0, 0.1) is 10.5 Å². The number of carbonyl (C=O) groups excluding carboxylic acids is 2. The summed E-state index contributed by atoms with van der Waals surface area (Å²) in [5, 5.41) is 6.82. The van der Waals surface area contributed by atoms with Crippen molar-refractivity contribution in [2.24, 2.45) is 5.10 Å². The van der Waals surface area contributed by atoms with Crippen LogP contribution in [0.5, 0.6) is 11.5 Å². The average Bonchev–Trinajstić information content (AvgIpc) is 2.78. The van der Waals surface area contributed by atoms with Crippen molar-refractivity contribution in [3.63, 3.8) is 0 Å². The number of hydrogen-bond donors (Lipinski definition) is 2. The molecule has 0 saturated carbocycles. The summed E-state index contributed by atoms with van der Waals surface area (Å²) in [5.74, 6) is 0.305. The quantitative estimate of drug-likeness (QED) is 0.207. The normalized spacial score (nSPS) is 10.7. The van der Waals surface area contributed by atoms with Crippen molar-refractivity contribution >= 4 is 62.2 Å². The molecule has 170 valence electrons. The Morgan fingerprint density at radius 1 is 1.12 bits per heavy atom. The Kier molecular flexibility index (Phi) is 8.84. The van der Waals surface area contributed by atoms with Gasteiger partial charge in [-0.1, -0.05) is 28.1 Å². The summed E-state index contributed by atoms with van der Waals surface area (Å²) in [6.07, 6.45) is 1.51. The van der Waals surface area contributed by atoms with E-state index in [0.717, 1.165) is 13.6 Å². The van der Waals surface area contributed by atoms with Gasteiger partial charge in [-0.3, -0.25) is 9.59 Å². The highest BCUT2D eigenvalue weighted by molar-refractivity contribution is 14.1. The molecule has 0 atom stereocenters. The summed E-state index contributed by atoms with van der Waals surface area (Å²) in [4.78, 5) is 24.4. The number of anilines is 1. The van der Waals surface area contributed by atoms with E-state index < -0.39 is 0 Å². The molecule has 0 fully saturated rings. The molecule has 3 aromatic carbocycles. The number of carbonyl (C=O) groups is 2. The zero-order valence-electron chi connectivity index (χ0n) is 17.9. The minimum atomic E-state index is -0.319. The first-order valence-corrected chi connectivity index (χ1v) is 11.7. The van der Waals surface area contributed by atoms with Crippen LogP contribution in [0.25, 0.3) is 0 Å². The lowest BCUT2D eigenvalue weighted by Gasteiger charge is -2.13. The van der Waals surface area contributed by atoms with Crippen molar-refractivity contribution < 1.29 is 19.1 Å². The van der Waals surface area contributed by atoms with E-state index in [1.54, 1.807) is 30.3 Å². The Morgan fingerprint density at radius 3 is 2.58 bits per heavy atom. The molecule has 3 aromatic rings. The molecule has 33 heavy (non-hydrogen) atoms. The lowest BCUT2D eigenvalue weighted by atomic mass is 10.2. The van der Waals surface area contributed by atoms with Crippen LogP contribution in [0.1, 0.15) is 21.5 Å². The molecule has 7 nitrogen and oxygen atoms in total. The van der Waals surface area contributed by atoms with Crippen LogP contribution in [0.4, 0.5) is 5.69 Å². The highest BCUT2D eigenvalue weighted by Gasteiger charge is 2.13. The van der Waals surface area contributed by atoms with E-state index in [0.29, 0.717) is 28.3 Å². The van der Waals surface area contributed by atoms with Gasteiger partial charge in [-0.15, -0.1) is 0 Å². The number of hydrazone groups is 1. The van der Waals surface area contributed by atoms with Crippen LogP contribution >= 0.6 is 38.5 Å². The molecule has 0 unspecified atom stereocenters. The van der Waals surface area contributed by atoms with Gasteiger partial charge in [0.05, 0.1) is 16.9 Å². The minimum absolute atomic E-state index is 0.170. The molecular weight excluding hydrogens is 601 g/mol. The SMILES string of the molecule is COc1cc(/C=N/NC(=O)c2ccc(Br)cc2)cc(I)c1OCC(=O)Nc1cccc(C)c1. The molecule has 0 aliphatic heterocycles. The highest BCUT2D eigenvalue weighted by Crippen LogP contribution is 2.33. The Labute approximate surface area is 213 Å². The second kappa shape index (κ2) is 11.8. The number of ether oxygens (including phenoxy) is 2. The van der Waals surface area contributed by atoms with Gasteiger partial charge >= 0.3 is 0 Å². The van der Waals surface area contributed by atoms with Crippen LogP contribution < -0.4 is 20.2 Å². The standard InChI is InChI=1S/C24H21BrIN3O4/c1-15-4-3-5-19(10-15)28-22(30)14-33-23-20(26)11-16(12-21(23)32-2)13-27-29-24(31)17-6-8-18(25)9-7-17/h3-13H,14H2,1-2H3,(H,28,30)(H,29,31)/b27-13+. The molecule has 0 radical (unpaired) electrons. The third-order valence-corrected chi connectivity index (χ3v) is 5.72. The summed E-state index contributed by atoms with van der Waals surface area (Å²) in [7, 11) is 1.52. The Morgan fingerprint density at radius 2 is 1.88 bits per heavy atom. The number of rotatable bonds is 8. The molecule has 0 bridgehead atoms. The van der Waals surface area contributed by atoms with Crippen LogP contribution in [0.15, 0.2) is 70.2 Å². The van der Waals surface area contributed by atoms with Gasteiger partial charge in [0.2, 0.25) is 0 Å². The van der Waals surface area contributed by atoms with Gasteiger partial charge in [-0.2, -0.15) is 5.10 Å². The lowest BCUT2D eigenvalue weighted by Crippen LogP contribution is -2.20. The van der Waals surface area contributed by atoms with E-state index in [1.165, 1.54) is 13.3 Å². The number of methoxy groups -OCH3 is 1. The van der Waals surface area contributed by atoms with Crippen molar-refractivity contribution in [3.05, 3.63) is 85.4 Å².